The average Bonchev–Trinajstić information content (AvgIpc) is 2.70. The maximum Gasteiger partial charge on any atom is 0.331 e. The number of nitrogens with one attached hydrogen (secondary N) is 1. The van der Waals surface area contributed by atoms with Crippen LogP contribution in [0.15, 0.2) is 11.5 Å². The van der Waals surface area contributed by atoms with Crippen molar-refractivity contribution in [1.29, 1.82) is 0 Å². The number of fused-ring (bicyclic) bond motifs is 1. The number of piperidine rings is 1. The molecule has 1 aliphatic heterocycles. The summed E-state index contributed by atoms with van der Waals surface area (Å²) in [7, 11) is 0. The van der Waals surface area contributed by atoms with E-state index in [-0.39, 0.29) is 24.2 Å². The Kier molecular flexibility index (Phi) is 11.7. The fraction of sp³-hybridized carbons (Fsp3) is 0.875. The van der Waals surface area contributed by atoms with Crippen LogP contribution in [-0.4, -0.2) is 41.6 Å². The van der Waals surface area contributed by atoms with Crippen LogP contribution >= 0.6 is 11.8 Å². The number of esters is 1. The lowest BCUT2D eigenvalue weighted by atomic mass is 9.68. The predicted molar refractivity (Wildman–Crippen MR) is 123 cm³/mol. The lowest BCUT2D eigenvalue weighted by molar-refractivity contribution is -0.148. The number of unbranched alkanes of at least 4 members (excludes halogenated alkanes) is 3. The first-order valence-electron chi connectivity index (χ1n) is 11.9. The van der Waals surface area contributed by atoms with Crippen LogP contribution < -0.4 is 5.32 Å². The van der Waals surface area contributed by atoms with Gasteiger partial charge < -0.3 is 15.2 Å². The van der Waals surface area contributed by atoms with Crippen LogP contribution in [0.1, 0.15) is 90.9 Å². The van der Waals surface area contributed by atoms with Gasteiger partial charge in [-0.3, -0.25) is 0 Å². The Bertz CT molecular complexity index is 499. The molecule has 2 fully saturated rings. The van der Waals surface area contributed by atoms with Gasteiger partial charge in [0.05, 0.1) is 6.10 Å². The number of carbonyl (C=O) groups excluding carboxylic acids is 1. The number of carbonyl (C=O) groups is 1. The summed E-state index contributed by atoms with van der Waals surface area (Å²) < 4.78 is 5.78. The van der Waals surface area contributed by atoms with Crippen molar-refractivity contribution in [3.63, 3.8) is 0 Å². The summed E-state index contributed by atoms with van der Waals surface area (Å²) in [5.74, 6) is 1.17. The summed E-state index contributed by atoms with van der Waals surface area (Å²) >= 11 is 1.52. The molecule has 4 nitrogen and oxygen atoms in total. The lowest BCUT2D eigenvalue weighted by Crippen LogP contribution is -2.57. The minimum Gasteiger partial charge on any atom is -0.458 e. The highest BCUT2D eigenvalue weighted by atomic mass is 32.2. The van der Waals surface area contributed by atoms with E-state index in [4.69, 9.17) is 4.74 Å². The number of aliphatic hydroxyl groups is 1. The van der Waals surface area contributed by atoms with Crippen LogP contribution in [0.5, 0.6) is 0 Å². The second kappa shape index (κ2) is 13.7. The molecule has 2 rings (SSSR count). The highest BCUT2D eigenvalue weighted by Gasteiger charge is 2.41. The van der Waals surface area contributed by atoms with E-state index in [1.165, 1.54) is 56.7 Å². The Balaban J connectivity index is 1.75. The van der Waals surface area contributed by atoms with Crippen molar-refractivity contribution in [1.82, 2.24) is 5.32 Å². The molecule has 1 aliphatic carbocycles. The zero-order chi connectivity index (χ0) is 21.1. The van der Waals surface area contributed by atoms with Crippen molar-refractivity contribution in [2.75, 3.05) is 6.26 Å². The number of aliphatic hydroxyl groups excluding tert-OH is 1. The summed E-state index contributed by atoms with van der Waals surface area (Å²) in [6, 6.07) is 0.820. The molecule has 0 spiro atoms. The van der Waals surface area contributed by atoms with E-state index in [1.807, 2.05) is 6.26 Å². The van der Waals surface area contributed by atoms with Gasteiger partial charge in [0.25, 0.3) is 0 Å². The van der Waals surface area contributed by atoms with Gasteiger partial charge in [-0.1, -0.05) is 58.3 Å². The first-order chi connectivity index (χ1) is 14.0. The van der Waals surface area contributed by atoms with Crippen LogP contribution in [0.25, 0.3) is 0 Å². The van der Waals surface area contributed by atoms with Gasteiger partial charge in [0.1, 0.15) is 6.10 Å². The van der Waals surface area contributed by atoms with Crippen molar-refractivity contribution < 1.29 is 14.6 Å². The van der Waals surface area contributed by atoms with E-state index in [1.54, 1.807) is 11.5 Å². The van der Waals surface area contributed by atoms with Gasteiger partial charge in [-0.25, -0.2) is 4.79 Å². The number of hydrogen-bond acceptors (Lipinski definition) is 5. The zero-order valence-corrected chi connectivity index (χ0v) is 19.6. The van der Waals surface area contributed by atoms with E-state index in [9.17, 15) is 9.90 Å². The van der Waals surface area contributed by atoms with Gasteiger partial charge in [-0.05, 0) is 56.1 Å². The monoisotopic (exact) mass is 425 g/mol. The smallest absolute Gasteiger partial charge is 0.331 e. The van der Waals surface area contributed by atoms with Gasteiger partial charge in [-0.2, -0.15) is 0 Å². The van der Waals surface area contributed by atoms with Crippen LogP contribution in [0.4, 0.5) is 0 Å². The molecule has 0 aromatic carbocycles. The number of rotatable bonds is 12. The Hall–Kier alpha value is -0.520. The summed E-state index contributed by atoms with van der Waals surface area (Å²) in [5.41, 5.74) is 0. The first-order valence-corrected chi connectivity index (χ1v) is 13.2. The molecule has 29 heavy (non-hydrogen) atoms. The highest BCUT2D eigenvalue weighted by Crippen LogP contribution is 2.40. The normalized spacial score (nSPS) is 30.8. The summed E-state index contributed by atoms with van der Waals surface area (Å²) in [6.45, 7) is 4.29. The summed E-state index contributed by atoms with van der Waals surface area (Å²) in [4.78, 5) is 12.1. The molecule has 1 heterocycles. The summed E-state index contributed by atoms with van der Waals surface area (Å²) in [5, 5.41) is 15.4. The number of thioether (sulfide) groups is 1. The van der Waals surface area contributed by atoms with Crippen LogP contribution in [0, 0.1) is 11.8 Å². The molecule has 2 N–H and O–H groups in total. The first kappa shape index (κ1) is 24.7. The number of ether oxygens (including phenoxy) is 1. The summed E-state index contributed by atoms with van der Waals surface area (Å²) in [6.07, 6.45) is 17.5. The molecule has 0 unspecified atom stereocenters. The SMILES string of the molecule is CCC[C@@H](O)CCCCCC[C@H]1CCC[C@@H]2N[C@H](C)[C@H](OC(=O)/C=C/SC)C[C@H]12. The van der Waals surface area contributed by atoms with E-state index in [0.29, 0.717) is 12.0 Å². The van der Waals surface area contributed by atoms with E-state index in [0.717, 1.165) is 38.0 Å². The molecule has 2 aliphatic rings. The molecular weight excluding hydrogens is 382 g/mol. The Morgan fingerprint density at radius 2 is 2.03 bits per heavy atom. The third kappa shape index (κ3) is 8.63. The maximum atomic E-state index is 12.1. The van der Waals surface area contributed by atoms with Crippen molar-refractivity contribution in [3.8, 4) is 0 Å². The van der Waals surface area contributed by atoms with Gasteiger partial charge in [0.2, 0.25) is 0 Å². The topological polar surface area (TPSA) is 58.6 Å². The van der Waals surface area contributed by atoms with Crippen molar-refractivity contribution in [2.45, 2.75) is 115 Å². The van der Waals surface area contributed by atoms with Crippen molar-refractivity contribution in [3.05, 3.63) is 11.5 Å². The van der Waals surface area contributed by atoms with Gasteiger partial charge in [0, 0.05) is 18.2 Å². The molecule has 0 aromatic heterocycles. The minimum absolute atomic E-state index is 0.0177. The third-order valence-corrected chi connectivity index (χ3v) is 7.25. The second-order valence-corrected chi connectivity index (χ2v) is 9.84. The lowest BCUT2D eigenvalue weighted by Gasteiger charge is -2.47. The molecule has 0 amide bonds. The van der Waals surface area contributed by atoms with Crippen molar-refractivity contribution >= 4 is 17.7 Å². The Labute approximate surface area is 182 Å². The molecule has 168 valence electrons. The fourth-order valence-electron chi connectivity index (χ4n) is 5.28. The van der Waals surface area contributed by atoms with Gasteiger partial charge in [0.15, 0.2) is 0 Å². The van der Waals surface area contributed by atoms with E-state index < -0.39 is 0 Å². The molecule has 1 saturated heterocycles. The quantitative estimate of drug-likeness (QED) is 0.248. The minimum atomic E-state index is -0.214. The Morgan fingerprint density at radius 3 is 2.79 bits per heavy atom. The number of hydrogen-bond donors (Lipinski definition) is 2. The average molecular weight is 426 g/mol. The van der Waals surface area contributed by atoms with Crippen LogP contribution in [0.2, 0.25) is 0 Å². The van der Waals surface area contributed by atoms with Crippen LogP contribution in [-0.2, 0) is 9.53 Å². The molecule has 6 atom stereocenters. The fourth-order valence-corrected chi connectivity index (χ4v) is 5.52. The van der Waals surface area contributed by atoms with Crippen molar-refractivity contribution in [2.24, 2.45) is 11.8 Å². The molecule has 0 aromatic rings. The zero-order valence-electron chi connectivity index (χ0n) is 18.8. The molecule has 0 bridgehead atoms. The molecule has 5 heteroatoms. The molecule has 1 saturated carbocycles. The van der Waals surface area contributed by atoms with Gasteiger partial charge >= 0.3 is 5.97 Å². The molecular formula is C24H43NO3S. The standard InChI is InChI=1S/C24H43NO3S/c1-4-10-20(26)13-8-6-5-7-11-19-12-9-14-22-21(19)17-23(18(2)25-22)28-24(27)15-16-29-3/h15-16,18-23,25-26H,4-14,17H2,1-3H3/b16-15+/t18-,19+,20-,21-,22+,23-/m1/s1. The second-order valence-electron chi connectivity index (χ2n) is 9.10. The van der Waals surface area contributed by atoms with E-state index in [2.05, 4.69) is 19.2 Å². The Morgan fingerprint density at radius 1 is 1.24 bits per heavy atom. The van der Waals surface area contributed by atoms with Gasteiger partial charge in [-0.15, -0.1) is 11.8 Å². The predicted octanol–water partition coefficient (Wildman–Crippen LogP) is 5.44. The van der Waals surface area contributed by atoms with Crippen LogP contribution in [0.3, 0.4) is 0 Å². The molecule has 0 radical (unpaired) electrons. The maximum absolute atomic E-state index is 12.1. The van der Waals surface area contributed by atoms with E-state index >= 15 is 0 Å². The highest BCUT2D eigenvalue weighted by molar-refractivity contribution is 8.01. The third-order valence-electron chi connectivity index (χ3n) is 6.84. The largest absolute Gasteiger partial charge is 0.458 e.